The quantitative estimate of drug-likeness (QED) is 0.390. The zero-order valence-electron chi connectivity index (χ0n) is 16.6. The second-order valence-electron chi connectivity index (χ2n) is 7.00. The zero-order chi connectivity index (χ0) is 22.4. The molecule has 0 aromatic heterocycles. The molecule has 1 aliphatic rings. The highest BCUT2D eigenvalue weighted by Crippen LogP contribution is 2.22. The fourth-order valence-electron chi connectivity index (χ4n) is 3.01. The fraction of sp³-hybridized carbons (Fsp3) is 0.529. The number of hydrogen-bond donors (Lipinski definition) is 4. The third-order valence-corrected chi connectivity index (χ3v) is 7.26. The average Bonchev–Trinajstić information content (AvgIpc) is 2.65. The number of amides is 3. The van der Waals surface area contributed by atoms with Gasteiger partial charge in [0.05, 0.1) is 10.6 Å². The number of carbonyl (C=O) groups is 2. The minimum Gasteiger partial charge on any atom is -0.338 e. The van der Waals surface area contributed by atoms with Crippen LogP contribution in [0.5, 0.6) is 0 Å². The number of sulfonamides is 2. The molecule has 3 amide bonds. The van der Waals surface area contributed by atoms with Gasteiger partial charge in [-0.05, 0) is 43.5 Å². The van der Waals surface area contributed by atoms with Crippen LogP contribution in [0.15, 0.2) is 29.2 Å². The Morgan fingerprint density at radius 1 is 1.10 bits per heavy atom. The Hall–Kier alpha value is -2.22. The van der Waals surface area contributed by atoms with Crippen LogP contribution in [0.25, 0.3) is 0 Å². The molecule has 1 fully saturated rings. The highest BCUT2D eigenvalue weighted by molar-refractivity contribution is 7.89. The van der Waals surface area contributed by atoms with Crippen molar-refractivity contribution >= 4 is 37.7 Å². The lowest BCUT2D eigenvalue weighted by Gasteiger charge is -2.31. The van der Waals surface area contributed by atoms with E-state index in [1.807, 2.05) is 0 Å². The minimum atomic E-state index is -3.67. The number of primary sulfonamides is 1. The first-order valence-corrected chi connectivity index (χ1v) is 12.6. The van der Waals surface area contributed by atoms with Crippen LogP contribution in [0.2, 0.25) is 0 Å². The van der Waals surface area contributed by atoms with E-state index in [0.29, 0.717) is 18.5 Å². The van der Waals surface area contributed by atoms with Crippen LogP contribution < -0.4 is 21.1 Å². The summed E-state index contributed by atoms with van der Waals surface area (Å²) >= 11 is 0. The molecule has 30 heavy (non-hydrogen) atoms. The molecule has 1 aromatic carbocycles. The summed E-state index contributed by atoms with van der Waals surface area (Å²) in [6, 6.07) is 5.34. The van der Waals surface area contributed by atoms with Gasteiger partial charge in [0.2, 0.25) is 26.0 Å². The third kappa shape index (κ3) is 7.55. The van der Waals surface area contributed by atoms with Gasteiger partial charge >= 0.3 is 6.03 Å². The van der Waals surface area contributed by atoms with Crippen LogP contribution >= 0.6 is 0 Å². The highest BCUT2D eigenvalue weighted by Gasteiger charge is 2.29. The Kier molecular flexibility index (Phi) is 8.18. The maximum atomic E-state index is 12.8. The lowest BCUT2D eigenvalue weighted by Crippen LogP contribution is -2.49. The van der Waals surface area contributed by atoms with Crippen molar-refractivity contribution < 1.29 is 26.4 Å². The molecule has 0 spiro atoms. The van der Waals surface area contributed by atoms with E-state index in [-0.39, 0.29) is 48.7 Å². The summed E-state index contributed by atoms with van der Waals surface area (Å²) in [5, 5.41) is 12.8. The van der Waals surface area contributed by atoms with Crippen molar-refractivity contribution in [3.05, 3.63) is 24.3 Å². The number of carbonyl (C=O) groups excluding carboxylic acids is 2. The number of benzene rings is 1. The fourth-order valence-corrected chi connectivity index (χ4v) is 5.03. The molecule has 0 atom stereocenters. The van der Waals surface area contributed by atoms with E-state index >= 15 is 0 Å². The Balaban J connectivity index is 1.81. The van der Waals surface area contributed by atoms with Crippen molar-refractivity contribution in [3.8, 4) is 0 Å². The molecule has 5 N–H and O–H groups in total. The van der Waals surface area contributed by atoms with Gasteiger partial charge in [0.25, 0.3) is 0 Å². The topological polar surface area (TPSA) is 168 Å². The number of rotatable bonds is 8. The average molecular weight is 462 g/mol. The number of nitrogens with zero attached hydrogens (tertiary/aromatic N) is 1. The molecule has 1 aliphatic heterocycles. The molecule has 0 aliphatic carbocycles. The van der Waals surface area contributed by atoms with Crippen LogP contribution in [-0.4, -0.2) is 64.5 Å². The third-order valence-electron chi connectivity index (χ3n) is 4.49. The summed E-state index contributed by atoms with van der Waals surface area (Å²) in [5.41, 5.74) is 0.513. The SMILES string of the molecule is CC(=O)Nc1ccc(S(=O)(=O)N2CCC(NC(=O)NCCCS(N)(=O)=O)CC2)cc1. The molecule has 2 rings (SSSR count). The van der Waals surface area contributed by atoms with Gasteiger partial charge in [0.1, 0.15) is 0 Å². The molecule has 0 radical (unpaired) electrons. The summed E-state index contributed by atoms with van der Waals surface area (Å²) in [7, 11) is -7.22. The lowest BCUT2D eigenvalue weighted by molar-refractivity contribution is -0.114. The first-order chi connectivity index (χ1) is 14.0. The number of anilines is 1. The van der Waals surface area contributed by atoms with Crippen molar-refractivity contribution in [1.29, 1.82) is 0 Å². The monoisotopic (exact) mass is 461 g/mol. The van der Waals surface area contributed by atoms with Gasteiger partial charge in [0.15, 0.2) is 0 Å². The van der Waals surface area contributed by atoms with E-state index in [1.54, 1.807) is 0 Å². The Labute approximate surface area is 176 Å². The predicted molar refractivity (Wildman–Crippen MR) is 112 cm³/mol. The van der Waals surface area contributed by atoms with Crippen LogP contribution in [-0.2, 0) is 24.8 Å². The predicted octanol–water partition coefficient (Wildman–Crippen LogP) is -0.224. The van der Waals surface area contributed by atoms with Gasteiger partial charge in [-0.25, -0.2) is 26.8 Å². The van der Waals surface area contributed by atoms with Gasteiger partial charge in [-0.15, -0.1) is 0 Å². The van der Waals surface area contributed by atoms with E-state index in [2.05, 4.69) is 16.0 Å². The molecule has 0 saturated carbocycles. The Morgan fingerprint density at radius 2 is 1.70 bits per heavy atom. The van der Waals surface area contributed by atoms with E-state index in [4.69, 9.17) is 5.14 Å². The molecular weight excluding hydrogens is 434 g/mol. The van der Waals surface area contributed by atoms with Crippen molar-refractivity contribution in [2.75, 3.05) is 30.7 Å². The number of nitrogens with one attached hydrogen (secondary N) is 3. The normalized spacial score (nSPS) is 16.1. The van der Waals surface area contributed by atoms with Gasteiger partial charge in [-0.2, -0.15) is 4.31 Å². The number of urea groups is 1. The van der Waals surface area contributed by atoms with Crippen LogP contribution in [0.4, 0.5) is 10.5 Å². The van der Waals surface area contributed by atoms with Crippen molar-refractivity contribution in [2.45, 2.75) is 37.1 Å². The van der Waals surface area contributed by atoms with Crippen LogP contribution in [0.1, 0.15) is 26.2 Å². The first kappa shape index (κ1) is 24.1. The molecule has 11 nitrogen and oxygen atoms in total. The maximum absolute atomic E-state index is 12.8. The second-order valence-corrected chi connectivity index (χ2v) is 10.7. The summed E-state index contributed by atoms with van der Waals surface area (Å²) in [6.07, 6.45) is 1.12. The van der Waals surface area contributed by atoms with Crippen molar-refractivity contribution in [1.82, 2.24) is 14.9 Å². The minimum absolute atomic E-state index is 0.135. The largest absolute Gasteiger partial charge is 0.338 e. The maximum Gasteiger partial charge on any atom is 0.315 e. The first-order valence-electron chi connectivity index (χ1n) is 9.40. The van der Waals surface area contributed by atoms with E-state index in [9.17, 15) is 26.4 Å². The number of piperidine rings is 1. The highest BCUT2D eigenvalue weighted by atomic mass is 32.2. The summed E-state index contributed by atoms with van der Waals surface area (Å²) < 4.78 is 48.6. The molecule has 0 bridgehead atoms. The Morgan fingerprint density at radius 3 is 2.23 bits per heavy atom. The summed E-state index contributed by atoms with van der Waals surface area (Å²) in [6.45, 7) is 2.05. The van der Waals surface area contributed by atoms with Crippen molar-refractivity contribution in [3.63, 3.8) is 0 Å². The van der Waals surface area contributed by atoms with Crippen LogP contribution in [0, 0.1) is 0 Å². The van der Waals surface area contributed by atoms with Gasteiger partial charge < -0.3 is 16.0 Å². The second kappa shape index (κ2) is 10.2. The smallest absolute Gasteiger partial charge is 0.315 e. The van der Waals surface area contributed by atoms with E-state index in [1.165, 1.54) is 35.5 Å². The molecular formula is C17H27N5O6S2. The molecule has 1 saturated heterocycles. The summed E-state index contributed by atoms with van der Waals surface area (Å²) in [5.74, 6) is -0.455. The van der Waals surface area contributed by atoms with E-state index in [0.717, 1.165) is 0 Å². The molecule has 1 heterocycles. The number of hydrogen-bond acceptors (Lipinski definition) is 6. The summed E-state index contributed by atoms with van der Waals surface area (Å²) in [4.78, 5) is 23.1. The van der Waals surface area contributed by atoms with Crippen LogP contribution in [0.3, 0.4) is 0 Å². The Bertz CT molecular complexity index is 955. The molecule has 1 aromatic rings. The van der Waals surface area contributed by atoms with Gasteiger partial charge in [-0.3, -0.25) is 4.79 Å². The molecule has 168 valence electrons. The van der Waals surface area contributed by atoms with Crippen molar-refractivity contribution in [2.24, 2.45) is 5.14 Å². The number of nitrogens with two attached hydrogens (primary N) is 1. The zero-order valence-corrected chi connectivity index (χ0v) is 18.3. The lowest BCUT2D eigenvalue weighted by atomic mass is 10.1. The van der Waals surface area contributed by atoms with E-state index < -0.39 is 26.1 Å². The standard InChI is InChI=1S/C17H27N5O6S2/c1-13(23)20-14-3-5-16(6-4-14)30(27,28)22-10-7-15(8-11-22)21-17(24)19-9-2-12-29(18,25)26/h3-6,15H,2,7-12H2,1H3,(H,20,23)(H2,18,25,26)(H2,19,21,24). The van der Waals surface area contributed by atoms with Gasteiger partial charge in [0, 0.05) is 38.3 Å². The van der Waals surface area contributed by atoms with Gasteiger partial charge in [-0.1, -0.05) is 0 Å². The molecule has 13 heteroatoms. The molecule has 0 unspecified atom stereocenters.